The average molecular weight is 253 g/mol. The molecule has 1 nitrogen and oxygen atoms in total. The first-order valence-corrected chi connectivity index (χ1v) is 6.99. The first-order valence-electron chi connectivity index (χ1n) is 6.99. The number of para-hydroxylation sites is 1. The van der Waals surface area contributed by atoms with Crippen LogP contribution in [-0.4, -0.2) is 0 Å². The number of ether oxygens (including phenoxy) is 1. The van der Waals surface area contributed by atoms with Crippen LogP contribution in [0.5, 0.6) is 11.5 Å². The second-order valence-electron chi connectivity index (χ2n) is 4.73. The fourth-order valence-electron chi connectivity index (χ4n) is 2.07. The third-order valence-corrected chi connectivity index (χ3v) is 3.09. The van der Waals surface area contributed by atoms with Crippen molar-refractivity contribution in [3.05, 3.63) is 67.1 Å². The van der Waals surface area contributed by atoms with Gasteiger partial charge in [0.05, 0.1) is 0 Å². The van der Waals surface area contributed by atoms with Crippen molar-refractivity contribution in [1.29, 1.82) is 0 Å². The first kappa shape index (κ1) is 13.7. The summed E-state index contributed by atoms with van der Waals surface area (Å²) in [5, 5.41) is 0. The molecule has 19 heavy (non-hydrogen) atoms. The molecule has 2 aromatic carbocycles. The zero-order valence-corrected chi connectivity index (χ0v) is 11.3. The fraction of sp³-hybridized carbons (Fsp3) is 0.278. The van der Waals surface area contributed by atoms with E-state index in [1.165, 1.54) is 24.8 Å². The van der Waals surface area contributed by atoms with Crippen molar-refractivity contribution in [3.8, 4) is 11.5 Å². The van der Waals surface area contributed by atoms with E-state index in [1.54, 1.807) is 0 Å². The Labute approximate surface area is 116 Å². The van der Waals surface area contributed by atoms with Crippen molar-refractivity contribution >= 4 is 0 Å². The van der Waals surface area contributed by atoms with Gasteiger partial charge in [-0.25, -0.2) is 0 Å². The molecule has 0 amide bonds. The second-order valence-corrected chi connectivity index (χ2v) is 4.73. The van der Waals surface area contributed by atoms with Crippen molar-refractivity contribution in [3.63, 3.8) is 0 Å². The highest BCUT2D eigenvalue weighted by molar-refractivity contribution is 5.33. The normalized spacial score (nSPS) is 10.4. The third-order valence-electron chi connectivity index (χ3n) is 3.09. The van der Waals surface area contributed by atoms with Gasteiger partial charge < -0.3 is 4.74 Å². The predicted octanol–water partition coefficient (Wildman–Crippen LogP) is 5.42. The lowest BCUT2D eigenvalue weighted by Crippen LogP contribution is -1.88. The Balaban J connectivity index is 1.91. The molecule has 0 N–H and O–H groups in total. The lowest BCUT2D eigenvalue weighted by Gasteiger charge is -2.07. The molecule has 0 heterocycles. The topological polar surface area (TPSA) is 9.23 Å². The van der Waals surface area contributed by atoms with E-state index in [0.29, 0.717) is 0 Å². The van der Waals surface area contributed by atoms with E-state index in [2.05, 4.69) is 25.1 Å². The van der Waals surface area contributed by atoms with Crippen molar-refractivity contribution in [2.75, 3.05) is 0 Å². The molecule has 0 fully saturated rings. The molecule has 0 spiro atoms. The van der Waals surface area contributed by atoms with Crippen LogP contribution in [0, 0.1) is 6.92 Å². The maximum atomic E-state index is 5.84. The molecular weight excluding hydrogens is 232 g/mol. The van der Waals surface area contributed by atoms with Crippen LogP contribution in [0.3, 0.4) is 0 Å². The van der Waals surface area contributed by atoms with Crippen LogP contribution in [0.4, 0.5) is 0 Å². The predicted molar refractivity (Wildman–Crippen MR) is 80.5 cm³/mol. The van der Waals surface area contributed by atoms with E-state index in [9.17, 15) is 0 Å². The molecule has 0 aliphatic heterocycles. The SMILES string of the molecule is [CH2]CCCCCc1cccc(Oc2ccccc2)c1. The maximum absolute atomic E-state index is 5.84. The van der Waals surface area contributed by atoms with Gasteiger partial charge in [0.1, 0.15) is 11.5 Å². The van der Waals surface area contributed by atoms with Gasteiger partial charge in [-0.2, -0.15) is 0 Å². The summed E-state index contributed by atoms with van der Waals surface area (Å²) in [4.78, 5) is 0. The summed E-state index contributed by atoms with van der Waals surface area (Å²) in [5.41, 5.74) is 1.34. The summed E-state index contributed by atoms with van der Waals surface area (Å²) in [6.45, 7) is 3.87. The average Bonchev–Trinajstić information content (AvgIpc) is 2.45. The molecule has 0 saturated heterocycles. The Morgan fingerprint density at radius 2 is 1.58 bits per heavy atom. The summed E-state index contributed by atoms with van der Waals surface area (Å²) in [6, 6.07) is 18.3. The number of unbranched alkanes of at least 4 members (excludes halogenated alkanes) is 3. The minimum absolute atomic E-state index is 0.886. The van der Waals surface area contributed by atoms with Crippen molar-refractivity contribution in [1.82, 2.24) is 0 Å². The Morgan fingerprint density at radius 1 is 0.789 bits per heavy atom. The molecule has 2 rings (SSSR count). The highest BCUT2D eigenvalue weighted by atomic mass is 16.5. The molecule has 0 atom stereocenters. The lowest BCUT2D eigenvalue weighted by molar-refractivity contribution is 0.482. The summed E-state index contributed by atoms with van der Waals surface area (Å²) in [5.74, 6) is 1.80. The van der Waals surface area contributed by atoms with Crippen LogP contribution < -0.4 is 4.74 Å². The Bertz CT molecular complexity index is 476. The minimum atomic E-state index is 0.886. The summed E-state index contributed by atoms with van der Waals surface area (Å²) in [7, 11) is 0. The maximum Gasteiger partial charge on any atom is 0.127 e. The third kappa shape index (κ3) is 4.78. The zero-order chi connectivity index (χ0) is 13.3. The number of rotatable bonds is 7. The van der Waals surface area contributed by atoms with Crippen molar-refractivity contribution in [2.24, 2.45) is 0 Å². The van der Waals surface area contributed by atoms with E-state index in [0.717, 1.165) is 24.3 Å². The molecule has 0 bridgehead atoms. The quantitative estimate of drug-likeness (QED) is 0.599. The standard InChI is InChI=1S/C18H21O/c1-2-3-4-6-10-16-11-9-14-18(15-16)19-17-12-7-5-8-13-17/h5,7-9,11-15H,1-4,6,10H2. The summed E-state index contributed by atoms with van der Waals surface area (Å²) in [6.07, 6.45) is 5.86. The van der Waals surface area contributed by atoms with Gasteiger partial charge in [-0.15, -0.1) is 0 Å². The molecular formula is C18H21O. The summed E-state index contributed by atoms with van der Waals surface area (Å²) < 4.78 is 5.84. The molecule has 1 heteroatoms. The molecule has 99 valence electrons. The molecule has 1 radical (unpaired) electrons. The van der Waals surface area contributed by atoms with Gasteiger partial charge in [0, 0.05) is 0 Å². The van der Waals surface area contributed by atoms with Gasteiger partial charge in [0.2, 0.25) is 0 Å². The van der Waals surface area contributed by atoms with Gasteiger partial charge in [0.25, 0.3) is 0 Å². The van der Waals surface area contributed by atoms with Gasteiger partial charge in [-0.1, -0.05) is 56.5 Å². The van der Waals surface area contributed by atoms with Crippen LogP contribution in [0.15, 0.2) is 54.6 Å². The van der Waals surface area contributed by atoms with E-state index >= 15 is 0 Å². The van der Waals surface area contributed by atoms with Crippen LogP contribution >= 0.6 is 0 Å². The van der Waals surface area contributed by atoms with E-state index < -0.39 is 0 Å². The smallest absolute Gasteiger partial charge is 0.127 e. The monoisotopic (exact) mass is 253 g/mol. The molecule has 0 unspecified atom stereocenters. The number of hydrogen-bond donors (Lipinski definition) is 0. The zero-order valence-electron chi connectivity index (χ0n) is 11.3. The van der Waals surface area contributed by atoms with Crippen LogP contribution in [0.1, 0.15) is 31.2 Å². The second kappa shape index (κ2) is 7.63. The molecule has 2 aromatic rings. The van der Waals surface area contributed by atoms with Gasteiger partial charge in [0.15, 0.2) is 0 Å². The highest BCUT2D eigenvalue weighted by Crippen LogP contribution is 2.22. The largest absolute Gasteiger partial charge is 0.457 e. The van der Waals surface area contributed by atoms with Gasteiger partial charge >= 0.3 is 0 Å². The van der Waals surface area contributed by atoms with Crippen LogP contribution in [0.2, 0.25) is 0 Å². The number of aryl methyl sites for hydroxylation is 1. The molecule has 0 saturated carbocycles. The molecule has 0 aromatic heterocycles. The van der Waals surface area contributed by atoms with Crippen LogP contribution in [0.25, 0.3) is 0 Å². The van der Waals surface area contributed by atoms with Gasteiger partial charge in [-0.05, 0) is 42.7 Å². The highest BCUT2D eigenvalue weighted by Gasteiger charge is 1.99. The molecule has 0 aliphatic carbocycles. The van der Waals surface area contributed by atoms with Crippen molar-refractivity contribution < 1.29 is 4.74 Å². The van der Waals surface area contributed by atoms with Crippen molar-refractivity contribution in [2.45, 2.75) is 32.1 Å². The molecule has 0 aliphatic rings. The van der Waals surface area contributed by atoms with Gasteiger partial charge in [-0.3, -0.25) is 0 Å². The number of hydrogen-bond acceptors (Lipinski definition) is 1. The Morgan fingerprint density at radius 3 is 2.37 bits per heavy atom. The van der Waals surface area contributed by atoms with E-state index in [1.807, 2.05) is 36.4 Å². The van der Waals surface area contributed by atoms with E-state index in [4.69, 9.17) is 4.74 Å². The Hall–Kier alpha value is -1.76. The van der Waals surface area contributed by atoms with Crippen LogP contribution in [-0.2, 0) is 6.42 Å². The fourth-order valence-corrected chi connectivity index (χ4v) is 2.07. The number of benzene rings is 2. The van der Waals surface area contributed by atoms with E-state index in [-0.39, 0.29) is 0 Å². The first-order chi connectivity index (χ1) is 9.38. The minimum Gasteiger partial charge on any atom is -0.457 e. The summed E-state index contributed by atoms with van der Waals surface area (Å²) >= 11 is 0. The lowest BCUT2D eigenvalue weighted by atomic mass is 10.1. The Kier molecular flexibility index (Phi) is 5.49.